The van der Waals surface area contributed by atoms with Crippen molar-refractivity contribution < 1.29 is 4.79 Å². The summed E-state index contributed by atoms with van der Waals surface area (Å²) < 4.78 is 0. The zero-order valence-electron chi connectivity index (χ0n) is 12.5. The van der Waals surface area contributed by atoms with Crippen LogP contribution in [0.2, 0.25) is 0 Å². The Kier molecular flexibility index (Phi) is 5.27. The molecular weight excluding hydrogens is 284 g/mol. The monoisotopic (exact) mass is 304 g/mol. The van der Waals surface area contributed by atoms with Crippen LogP contribution in [0.3, 0.4) is 0 Å². The van der Waals surface area contributed by atoms with Crippen LogP contribution in [0.4, 0.5) is 5.82 Å². The van der Waals surface area contributed by atoms with Crippen molar-refractivity contribution in [3.8, 4) is 0 Å². The van der Waals surface area contributed by atoms with Gasteiger partial charge in [0.1, 0.15) is 16.5 Å². The van der Waals surface area contributed by atoms with Gasteiger partial charge in [-0.05, 0) is 32.4 Å². The van der Waals surface area contributed by atoms with Crippen molar-refractivity contribution in [3.05, 3.63) is 40.0 Å². The number of hydrogen-bond acceptors (Lipinski definition) is 5. The van der Waals surface area contributed by atoms with Gasteiger partial charge >= 0.3 is 0 Å². The van der Waals surface area contributed by atoms with Crippen molar-refractivity contribution in [1.29, 1.82) is 0 Å². The van der Waals surface area contributed by atoms with Gasteiger partial charge in [-0.25, -0.2) is 9.97 Å². The minimum Gasteiger partial charge on any atom is -0.370 e. The molecule has 1 amide bonds. The van der Waals surface area contributed by atoms with Gasteiger partial charge in [0, 0.05) is 17.6 Å². The first-order valence-electron chi connectivity index (χ1n) is 7.04. The summed E-state index contributed by atoms with van der Waals surface area (Å²) in [4.78, 5) is 22.0. The maximum absolute atomic E-state index is 12.2. The number of pyridine rings is 1. The van der Waals surface area contributed by atoms with Gasteiger partial charge in [-0.15, -0.1) is 11.3 Å². The molecule has 0 aliphatic rings. The van der Waals surface area contributed by atoms with Crippen molar-refractivity contribution >= 4 is 23.1 Å². The van der Waals surface area contributed by atoms with E-state index in [-0.39, 0.29) is 11.9 Å². The molecule has 0 aliphatic heterocycles. The summed E-state index contributed by atoms with van der Waals surface area (Å²) >= 11 is 1.59. The highest BCUT2D eigenvalue weighted by atomic mass is 32.1. The van der Waals surface area contributed by atoms with Crippen molar-refractivity contribution in [1.82, 2.24) is 15.3 Å². The molecular formula is C15H20N4OS. The Bertz CT molecular complexity index is 611. The molecule has 0 aliphatic carbocycles. The molecule has 0 saturated carbocycles. The van der Waals surface area contributed by atoms with E-state index in [1.54, 1.807) is 17.4 Å². The van der Waals surface area contributed by atoms with Crippen LogP contribution in [0, 0.1) is 6.92 Å². The molecule has 2 aromatic heterocycles. The lowest BCUT2D eigenvalue weighted by molar-refractivity contribution is 0.0935. The number of hydrogen-bond donors (Lipinski definition) is 2. The molecule has 21 heavy (non-hydrogen) atoms. The fraction of sp³-hybridized carbons (Fsp3) is 0.400. The Morgan fingerprint density at radius 1 is 1.43 bits per heavy atom. The highest BCUT2D eigenvalue weighted by molar-refractivity contribution is 7.11. The third-order valence-electron chi connectivity index (χ3n) is 2.90. The number of carbonyl (C=O) groups excluding carboxylic acids is 1. The van der Waals surface area contributed by atoms with E-state index in [4.69, 9.17) is 0 Å². The number of aromatic nitrogens is 2. The van der Waals surface area contributed by atoms with Gasteiger partial charge in [0.05, 0.1) is 6.04 Å². The topological polar surface area (TPSA) is 66.9 Å². The van der Waals surface area contributed by atoms with Gasteiger partial charge in [-0.2, -0.15) is 0 Å². The molecule has 2 rings (SSSR count). The van der Waals surface area contributed by atoms with Crippen LogP contribution in [-0.2, 0) is 0 Å². The Labute approximate surface area is 128 Å². The van der Waals surface area contributed by atoms with Crippen LogP contribution in [0.1, 0.15) is 46.7 Å². The molecule has 2 aromatic rings. The second kappa shape index (κ2) is 7.17. The van der Waals surface area contributed by atoms with E-state index in [2.05, 4.69) is 27.5 Å². The molecule has 0 aromatic carbocycles. The Hall–Kier alpha value is -1.95. The first-order chi connectivity index (χ1) is 10.1. The average Bonchev–Trinajstić information content (AvgIpc) is 2.92. The van der Waals surface area contributed by atoms with Crippen molar-refractivity contribution in [2.75, 3.05) is 11.9 Å². The van der Waals surface area contributed by atoms with Crippen LogP contribution < -0.4 is 10.6 Å². The maximum atomic E-state index is 12.2. The minimum absolute atomic E-state index is 0.120. The molecule has 1 atom stereocenters. The van der Waals surface area contributed by atoms with Gasteiger partial charge in [0.2, 0.25) is 0 Å². The largest absolute Gasteiger partial charge is 0.370 e. The molecule has 2 N–H and O–H groups in total. The van der Waals surface area contributed by atoms with E-state index in [9.17, 15) is 4.79 Å². The third kappa shape index (κ3) is 4.26. The van der Waals surface area contributed by atoms with E-state index in [0.29, 0.717) is 5.69 Å². The van der Waals surface area contributed by atoms with Gasteiger partial charge in [0.15, 0.2) is 0 Å². The number of amides is 1. The Morgan fingerprint density at radius 2 is 2.24 bits per heavy atom. The second-order valence-corrected chi connectivity index (χ2v) is 6.11. The van der Waals surface area contributed by atoms with E-state index >= 15 is 0 Å². The van der Waals surface area contributed by atoms with E-state index in [0.717, 1.165) is 28.7 Å². The fourth-order valence-corrected chi connectivity index (χ4v) is 2.59. The van der Waals surface area contributed by atoms with E-state index in [1.807, 2.05) is 32.2 Å². The maximum Gasteiger partial charge on any atom is 0.270 e. The molecule has 0 saturated heterocycles. The number of nitrogens with zero attached hydrogens (tertiary/aromatic N) is 2. The second-order valence-electron chi connectivity index (χ2n) is 4.84. The van der Waals surface area contributed by atoms with Crippen LogP contribution >= 0.6 is 11.3 Å². The summed E-state index contributed by atoms with van der Waals surface area (Å²) in [5, 5.41) is 7.01. The Morgan fingerprint density at radius 3 is 2.90 bits per heavy atom. The minimum atomic E-state index is -0.185. The summed E-state index contributed by atoms with van der Waals surface area (Å²) in [6.07, 6.45) is 2.83. The fourth-order valence-electron chi connectivity index (χ4n) is 1.82. The summed E-state index contributed by atoms with van der Waals surface area (Å²) in [6, 6.07) is 5.29. The molecule has 112 valence electrons. The first-order valence-corrected chi connectivity index (χ1v) is 7.86. The number of rotatable bonds is 6. The van der Waals surface area contributed by atoms with E-state index < -0.39 is 0 Å². The van der Waals surface area contributed by atoms with Gasteiger partial charge in [-0.1, -0.05) is 13.0 Å². The molecule has 0 radical (unpaired) electrons. The molecule has 6 heteroatoms. The Balaban J connectivity index is 2.02. The predicted molar refractivity (Wildman–Crippen MR) is 85.7 cm³/mol. The van der Waals surface area contributed by atoms with Gasteiger partial charge in [-0.3, -0.25) is 4.79 Å². The van der Waals surface area contributed by atoms with Crippen LogP contribution in [0.15, 0.2) is 24.4 Å². The quantitative estimate of drug-likeness (QED) is 0.860. The summed E-state index contributed by atoms with van der Waals surface area (Å²) in [7, 11) is 0. The third-order valence-corrected chi connectivity index (χ3v) is 3.99. The molecule has 0 fully saturated rings. The molecule has 0 spiro atoms. The zero-order valence-corrected chi connectivity index (χ0v) is 13.3. The summed E-state index contributed by atoms with van der Waals surface area (Å²) in [5.74, 6) is 0.540. The highest BCUT2D eigenvalue weighted by Crippen LogP contribution is 2.19. The van der Waals surface area contributed by atoms with Crippen LogP contribution in [-0.4, -0.2) is 22.4 Å². The summed E-state index contributed by atoms with van der Waals surface area (Å²) in [6.45, 7) is 6.85. The number of thiazole rings is 1. The average molecular weight is 304 g/mol. The van der Waals surface area contributed by atoms with Crippen molar-refractivity contribution in [2.24, 2.45) is 0 Å². The number of anilines is 1. The first kappa shape index (κ1) is 15.4. The van der Waals surface area contributed by atoms with Crippen molar-refractivity contribution in [2.45, 2.75) is 33.2 Å². The lowest BCUT2D eigenvalue weighted by Crippen LogP contribution is -2.27. The van der Waals surface area contributed by atoms with Crippen molar-refractivity contribution in [3.63, 3.8) is 0 Å². The van der Waals surface area contributed by atoms with Crippen LogP contribution in [0.25, 0.3) is 0 Å². The molecule has 0 bridgehead atoms. The number of carbonyl (C=O) groups is 1. The number of nitrogens with one attached hydrogen (secondary N) is 2. The lowest BCUT2D eigenvalue weighted by atomic mass is 10.3. The van der Waals surface area contributed by atoms with Gasteiger partial charge < -0.3 is 10.6 Å². The summed E-state index contributed by atoms with van der Waals surface area (Å²) in [5.41, 5.74) is 0.413. The zero-order chi connectivity index (χ0) is 15.2. The predicted octanol–water partition coefficient (Wildman–Crippen LogP) is 3.16. The molecule has 2 heterocycles. The van der Waals surface area contributed by atoms with E-state index in [1.165, 1.54) is 0 Å². The number of aryl methyl sites for hydroxylation is 1. The van der Waals surface area contributed by atoms with Gasteiger partial charge in [0.25, 0.3) is 5.91 Å². The standard InChI is InChI=1S/C15H20N4OS/c1-4-8-16-13-7-5-6-12(19-13)14(20)18-11(3)15-17-9-10(2)21-15/h5-7,9,11H,4,8H2,1-3H3,(H,16,19)(H,18,20). The lowest BCUT2D eigenvalue weighted by Gasteiger charge is -2.11. The smallest absolute Gasteiger partial charge is 0.270 e. The molecule has 1 unspecified atom stereocenters. The normalized spacial score (nSPS) is 12.0. The SMILES string of the molecule is CCCNc1cccc(C(=O)NC(C)c2ncc(C)s2)n1. The highest BCUT2D eigenvalue weighted by Gasteiger charge is 2.15. The van der Waals surface area contributed by atoms with Crippen LogP contribution in [0.5, 0.6) is 0 Å². The molecule has 5 nitrogen and oxygen atoms in total.